The van der Waals surface area contributed by atoms with Crippen LogP contribution in [0.2, 0.25) is 0 Å². The lowest BCUT2D eigenvalue weighted by molar-refractivity contribution is 0.246. The zero-order valence-corrected chi connectivity index (χ0v) is 19.0. The summed E-state index contributed by atoms with van der Waals surface area (Å²) in [6.45, 7) is 9.67. The Balaban J connectivity index is 1.41. The lowest BCUT2D eigenvalue weighted by Gasteiger charge is -2.19. The summed E-state index contributed by atoms with van der Waals surface area (Å²) in [6, 6.07) is 18.9. The maximum Gasteiger partial charge on any atom is 0.319 e. The molecule has 0 atom stereocenters. The summed E-state index contributed by atoms with van der Waals surface area (Å²) >= 11 is 0. The molecule has 1 heterocycles. The summed E-state index contributed by atoms with van der Waals surface area (Å²) in [5.74, 6) is 1.22. The van der Waals surface area contributed by atoms with Gasteiger partial charge in [-0.05, 0) is 60.4 Å². The molecule has 2 aromatic carbocycles. The average molecular weight is 435 g/mol. The van der Waals surface area contributed by atoms with E-state index in [9.17, 15) is 4.79 Å². The van der Waals surface area contributed by atoms with Crippen LogP contribution in [0.15, 0.2) is 60.7 Å². The molecule has 32 heavy (non-hydrogen) atoms. The molecule has 2 N–H and O–H groups in total. The van der Waals surface area contributed by atoms with Crippen molar-refractivity contribution in [2.24, 2.45) is 0 Å². The molecular weight excluding hydrogens is 404 g/mol. The van der Waals surface area contributed by atoms with Gasteiger partial charge in [-0.15, -0.1) is 10.2 Å². The number of amides is 2. The Hall–Kier alpha value is -3.61. The van der Waals surface area contributed by atoms with E-state index in [0.29, 0.717) is 19.0 Å². The van der Waals surface area contributed by atoms with E-state index in [1.54, 1.807) is 6.07 Å². The number of rotatable bonds is 8. The fourth-order valence-corrected chi connectivity index (χ4v) is 2.99. The first-order valence-electron chi connectivity index (χ1n) is 10.7. The highest BCUT2D eigenvalue weighted by atomic mass is 16.5. The molecule has 0 bridgehead atoms. The van der Waals surface area contributed by atoms with Crippen molar-refractivity contribution in [3.05, 3.63) is 66.2 Å². The van der Waals surface area contributed by atoms with Gasteiger partial charge in [0.1, 0.15) is 12.4 Å². The number of anilines is 1. The third-order valence-electron chi connectivity index (χ3n) is 4.75. The van der Waals surface area contributed by atoms with Gasteiger partial charge >= 0.3 is 6.03 Å². The van der Waals surface area contributed by atoms with E-state index in [0.717, 1.165) is 22.7 Å². The van der Waals surface area contributed by atoms with Crippen LogP contribution in [0.25, 0.3) is 11.3 Å². The maximum absolute atomic E-state index is 12.1. The van der Waals surface area contributed by atoms with Crippen molar-refractivity contribution < 1.29 is 14.3 Å². The number of carbonyl (C=O) groups excluding carboxylic acids is 1. The number of nitrogens with one attached hydrogen (secondary N) is 2. The summed E-state index contributed by atoms with van der Waals surface area (Å²) in [6.07, 6.45) is 0. The minimum Gasteiger partial charge on any atom is -0.494 e. The summed E-state index contributed by atoms with van der Waals surface area (Å²) in [7, 11) is 0. The fraction of sp³-hybridized carbons (Fsp3) is 0.320. The smallest absolute Gasteiger partial charge is 0.319 e. The minimum atomic E-state index is -0.283. The van der Waals surface area contributed by atoms with Gasteiger partial charge in [-0.25, -0.2) is 4.79 Å². The Kier molecular flexibility index (Phi) is 7.65. The first kappa shape index (κ1) is 23.1. The van der Waals surface area contributed by atoms with Crippen LogP contribution in [0.3, 0.4) is 0 Å². The number of ether oxygens (including phenoxy) is 2. The van der Waals surface area contributed by atoms with Gasteiger partial charge in [0.15, 0.2) is 0 Å². The lowest BCUT2D eigenvalue weighted by atomic mass is 9.87. The Morgan fingerprint density at radius 1 is 0.906 bits per heavy atom. The van der Waals surface area contributed by atoms with E-state index in [1.807, 2.05) is 61.5 Å². The second-order valence-electron chi connectivity index (χ2n) is 8.27. The SMILES string of the molecule is CCOc1ccc(-c2ccc(OCCNC(=O)Nc3ccc(C(C)(C)C)cc3)nn2)cc1. The first-order chi connectivity index (χ1) is 15.3. The van der Waals surface area contributed by atoms with E-state index >= 15 is 0 Å². The van der Waals surface area contributed by atoms with Crippen molar-refractivity contribution in [2.75, 3.05) is 25.1 Å². The van der Waals surface area contributed by atoms with Crippen LogP contribution in [-0.2, 0) is 5.41 Å². The molecule has 168 valence electrons. The summed E-state index contributed by atoms with van der Waals surface area (Å²) in [5, 5.41) is 13.9. The van der Waals surface area contributed by atoms with E-state index in [-0.39, 0.29) is 18.1 Å². The highest BCUT2D eigenvalue weighted by Crippen LogP contribution is 2.23. The second-order valence-corrected chi connectivity index (χ2v) is 8.27. The highest BCUT2D eigenvalue weighted by Gasteiger charge is 2.13. The van der Waals surface area contributed by atoms with Crippen LogP contribution in [0.4, 0.5) is 10.5 Å². The number of benzene rings is 2. The van der Waals surface area contributed by atoms with Crippen LogP contribution in [0.1, 0.15) is 33.3 Å². The third-order valence-corrected chi connectivity index (χ3v) is 4.75. The number of hydrogen-bond donors (Lipinski definition) is 2. The average Bonchev–Trinajstić information content (AvgIpc) is 2.78. The molecule has 3 aromatic rings. The van der Waals surface area contributed by atoms with Crippen molar-refractivity contribution >= 4 is 11.7 Å². The quantitative estimate of drug-likeness (QED) is 0.485. The fourth-order valence-electron chi connectivity index (χ4n) is 2.99. The number of carbonyl (C=O) groups is 1. The molecule has 0 aliphatic heterocycles. The maximum atomic E-state index is 12.1. The van der Waals surface area contributed by atoms with Gasteiger partial charge in [-0.1, -0.05) is 32.9 Å². The molecular formula is C25H30N4O3. The summed E-state index contributed by atoms with van der Waals surface area (Å²) in [5.41, 5.74) is 3.73. The van der Waals surface area contributed by atoms with Crippen molar-refractivity contribution in [1.29, 1.82) is 0 Å². The summed E-state index contributed by atoms with van der Waals surface area (Å²) in [4.78, 5) is 12.1. The van der Waals surface area contributed by atoms with Crippen LogP contribution < -0.4 is 20.1 Å². The van der Waals surface area contributed by atoms with Crippen LogP contribution in [0, 0.1) is 0 Å². The molecule has 1 aromatic heterocycles. The highest BCUT2D eigenvalue weighted by molar-refractivity contribution is 5.89. The van der Waals surface area contributed by atoms with Gasteiger partial charge in [0.05, 0.1) is 18.8 Å². The zero-order chi connectivity index (χ0) is 23.0. The molecule has 0 aliphatic carbocycles. The molecule has 0 saturated heterocycles. The molecule has 7 nitrogen and oxygen atoms in total. The van der Waals surface area contributed by atoms with Crippen molar-refractivity contribution in [2.45, 2.75) is 33.1 Å². The topological polar surface area (TPSA) is 85.4 Å². The molecule has 0 saturated carbocycles. The van der Waals surface area contributed by atoms with Crippen LogP contribution in [-0.4, -0.2) is 36.0 Å². The lowest BCUT2D eigenvalue weighted by Crippen LogP contribution is -2.32. The molecule has 0 spiro atoms. The predicted octanol–water partition coefficient (Wildman–Crippen LogP) is 5.04. The third kappa shape index (κ3) is 6.70. The van der Waals surface area contributed by atoms with Crippen molar-refractivity contribution in [3.63, 3.8) is 0 Å². The van der Waals surface area contributed by atoms with E-state index in [1.165, 1.54) is 5.56 Å². The Bertz CT molecular complexity index is 995. The molecule has 0 unspecified atom stereocenters. The summed E-state index contributed by atoms with van der Waals surface area (Å²) < 4.78 is 11.0. The molecule has 0 fully saturated rings. The second kappa shape index (κ2) is 10.6. The zero-order valence-electron chi connectivity index (χ0n) is 19.0. The predicted molar refractivity (Wildman–Crippen MR) is 126 cm³/mol. The molecule has 3 rings (SSSR count). The van der Waals surface area contributed by atoms with Crippen LogP contribution in [0.5, 0.6) is 11.6 Å². The van der Waals surface area contributed by atoms with Crippen molar-refractivity contribution in [3.8, 4) is 22.9 Å². The van der Waals surface area contributed by atoms with E-state index < -0.39 is 0 Å². The van der Waals surface area contributed by atoms with Gasteiger partial charge in [-0.3, -0.25) is 0 Å². The van der Waals surface area contributed by atoms with E-state index in [4.69, 9.17) is 9.47 Å². The van der Waals surface area contributed by atoms with Gasteiger partial charge in [0, 0.05) is 17.3 Å². The monoisotopic (exact) mass is 434 g/mol. The van der Waals surface area contributed by atoms with Crippen LogP contribution >= 0.6 is 0 Å². The van der Waals surface area contributed by atoms with Crippen molar-refractivity contribution in [1.82, 2.24) is 15.5 Å². The van der Waals surface area contributed by atoms with Gasteiger partial charge in [-0.2, -0.15) is 0 Å². The standard InChI is InChI=1S/C25H30N4O3/c1-5-31-21-12-6-18(7-13-21)22-14-15-23(29-28-22)32-17-16-26-24(30)27-20-10-8-19(9-11-20)25(2,3)4/h6-15H,5,16-17H2,1-4H3,(H2,26,27,30). The largest absolute Gasteiger partial charge is 0.494 e. The van der Waals surface area contributed by atoms with Gasteiger partial charge < -0.3 is 20.1 Å². The normalized spacial score (nSPS) is 11.0. The number of urea groups is 1. The Morgan fingerprint density at radius 2 is 1.62 bits per heavy atom. The Labute approximate surface area is 189 Å². The Morgan fingerprint density at radius 3 is 2.22 bits per heavy atom. The first-order valence-corrected chi connectivity index (χ1v) is 10.7. The molecule has 7 heteroatoms. The van der Waals surface area contributed by atoms with Gasteiger partial charge in [0.25, 0.3) is 0 Å². The number of aromatic nitrogens is 2. The molecule has 0 radical (unpaired) electrons. The minimum absolute atomic E-state index is 0.0768. The number of nitrogens with zero attached hydrogens (tertiary/aromatic N) is 2. The number of hydrogen-bond acceptors (Lipinski definition) is 5. The molecule has 2 amide bonds. The van der Waals surface area contributed by atoms with Gasteiger partial charge in [0.2, 0.25) is 5.88 Å². The van der Waals surface area contributed by atoms with E-state index in [2.05, 4.69) is 41.6 Å². The molecule has 0 aliphatic rings.